The van der Waals surface area contributed by atoms with Crippen LogP contribution in [0.5, 0.6) is 0 Å². The maximum absolute atomic E-state index is 13.6. The molecule has 5 nitrogen and oxygen atoms in total. The fourth-order valence-electron chi connectivity index (χ4n) is 3.23. The van der Waals surface area contributed by atoms with E-state index in [1.165, 1.54) is 16.4 Å². The van der Waals surface area contributed by atoms with Crippen LogP contribution in [-0.2, 0) is 23.0 Å². The van der Waals surface area contributed by atoms with Gasteiger partial charge in [0.1, 0.15) is 0 Å². The third-order valence-electron chi connectivity index (χ3n) is 4.90. The van der Waals surface area contributed by atoms with Crippen molar-refractivity contribution in [3.05, 3.63) is 86.6 Å². The van der Waals surface area contributed by atoms with Gasteiger partial charge >= 0.3 is 0 Å². The molecule has 0 saturated heterocycles. The van der Waals surface area contributed by atoms with Crippen LogP contribution in [0, 0.1) is 6.92 Å². The van der Waals surface area contributed by atoms with Gasteiger partial charge in [-0.25, -0.2) is 8.42 Å². The topological polar surface area (TPSA) is 80.5 Å². The first-order chi connectivity index (χ1) is 14.2. The number of amides is 1. The summed E-state index contributed by atoms with van der Waals surface area (Å²) in [6, 6.07) is 15.2. The van der Waals surface area contributed by atoms with Crippen molar-refractivity contribution in [2.45, 2.75) is 37.8 Å². The van der Waals surface area contributed by atoms with Crippen LogP contribution in [0.25, 0.3) is 0 Å². The Morgan fingerprint density at radius 2 is 1.87 bits per heavy atom. The van der Waals surface area contributed by atoms with Crippen LogP contribution in [0.2, 0.25) is 5.02 Å². The van der Waals surface area contributed by atoms with Crippen molar-refractivity contribution in [1.82, 2.24) is 4.31 Å². The minimum atomic E-state index is -3.89. The molecular formula is C22H23ClN2O3S2. The molecule has 30 heavy (non-hydrogen) atoms. The highest BCUT2D eigenvalue weighted by Crippen LogP contribution is 2.26. The Morgan fingerprint density at radius 3 is 2.47 bits per heavy atom. The number of hydrogen-bond donors (Lipinski definition) is 1. The first-order valence-corrected chi connectivity index (χ1v) is 12.1. The summed E-state index contributed by atoms with van der Waals surface area (Å²) in [5.41, 5.74) is 7.09. The zero-order valence-corrected chi connectivity index (χ0v) is 19.1. The van der Waals surface area contributed by atoms with Gasteiger partial charge in [0, 0.05) is 28.0 Å². The van der Waals surface area contributed by atoms with E-state index in [0.29, 0.717) is 17.0 Å². The van der Waals surface area contributed by atoms with E-state index in [1.807, 2.05) is 36.6 Å². The standard InChI is InChI=1S/C22H23ClN2O3S2/c1-15-5-10-20(13-21(15)22(24)26)30(27,28)25(14-17-6-8-18(23)9-7-17)16(2)12-19-4-3-11-29-19/h3-11,13,16H,12,14H2,1-2H3,(H2,24,26)/t16-/m1/s1. The van der Waals surface area contributed by atoms with Crippen LogP contribution in [0.15, 0.2) is 64.9 Å². The molecule has 1 amide bonds. The van der Waals surface area contributed by atoms with E-state index in [2.05, 4.69) is 0 Å². The normalized spacial score (nSPS) is 12.8. The van der Waals surface area contributed by atoms with Gasteiger partial charge in [0.05, 0.1) is 4.90 Å². The van der Waals surface area contributed by atoms with Gasteiger partial charge in [-0.2, -0.15) is 4.31 Å². The van der Waals surface area contributed by atoms with Crippen LogP contribution in [0.1, 0.15) is 33.3 Å². The second-order valence-corrected chi connectivity index (χ2v) is 10.5. The summed E-state index contributed by atoms with van der Waals surface area (Å²) in [5.74, 6) is -0.652. The number of thiophene rings is 1. The highest BCUT2D eigenvalue weighted by molar-refractivity contribution is 7.89. The van der Waals surface area contributed by atoms with Crippen molar-refractivity contribution in [2.24, 2.45) is 5.73 Å². The van der Waals surface area contributed by atoms with E-state index >= 15 is 0 Å². The maximum atomic E-state index is 13.6. The Morgan fingerprint density at radius 1 is 1.17 bits per heavy atom. The van der Waals surface area contributed by atoms with E-state index < -0.39 is 15.9 Å². The number of carbonyl (C=O) groups excluding carboxylic acids is 1. The molecule has 2 aromatic carbocycles. The van der Waals surface area contributed by atoms with Crippen molar-refractivity contribution in [3.8, 4) is 0 Å². The molecule has 0 aliphatic heterocycles. The molecule has 0 aliphatic carbocycles. The van der Waals surface area contributed by atoms with E-state index in [-0.39, 0.29) is 23.0 Å². The number of nitrogens with two attached hydrogens (primary N) is 1. The number of hydrogen-bond acceptors (Lipinski definition) is 4. The van der Waals surface area contributed by atoms with Gasteiger partial charge in [-0.1, -0.05) is 35.9 Å². The van der Waals surface area contributed by atoms with E-state index in [1.54, 1.807) is 36.5 Å². The lowest BCUT2D eigenvalue weighted by atomic mass is 10.1. The molecule has 1 atom stereocenters. The lowest BCUT2D eigenvalue weighted by Crippen LogP contribution is -2.39. The smallest absolute Gasteiger partial charge is 0.249 e. The Kier molecular flexibility index (Phi) is 6.98. The van der Waals surface area contributed by atoms with Gasteiger partial charge in [0.2, 0.25) is 15.9 Å². The van der Waals surface area contributed by atoms with Crippen LogP contribution < -0.4 is 5.73 Å². The van der Waals surface area contributed by atoms with Gasteiger partial charge in [0.25, 0.3) is 0 Å². The summed E-state index contributed by atoms with van der Waals surface area (Å²) in [5, 5.41) is 2.56. The number of nitrogens with zero attached hydrogens (tertiary/aromatic N) is 1. The summed E-state index contributed by atoms with van der Waals surface area (Å²) >= 11 is 7.57. The molecule has 0 aliphatic rings. The fraction of sp³-hybridized carbons (Fsp3) is 0.227. The summed E-state index contributed by atoms with van der Waals surface area (Å²) in [7, 11) is -3.89. The number of rotatable bonds is 8. The molecule has 0 bridgehead atoms. The first kappa shape index (κ1) is 22.5. The average molecular weight is 463 g/mol. The predicted molar refractivity (Wildman–Crippen MR) is 121 cm³/mol. The Balaban J connectivity index is 2.01. The Bertz CT molecular complexity index is 1130. The second-order valence-electron chi connectivity index (χ2n) is 7.15. The molecule has 1 aromatic heterocycles. The van der Waals surface area contributed by atoms with Crippen molar-refractivity contribution >= 4 is 38.9 Å². The van der Waals surface area contributed by atoms with Crippen molar-refractivity contribution in [3.63, 3.8) is 0 Å². The summed E-state index contributed by atoms with van der Waals surface area (Å²) in [6.45, 7) is 3.80. The summed E-state index contributed by atoms with van der Waals surface area (Å²) in [6.07, 6.45) is 0.582. The molecule has 8 heteroatoms. The monoisotopic (exact) mass is 462 g/mol. The first-order valence-electron chi connectivity index (χ1n) is 9.37. The van der Waals surface area contributed by atoms with E-state index in [0.717, 1.165) is 10.4 Å². The number of halogens is 1. The Labute approximate surface area is 186 Å². The molecule has 1 heterocycles. The highest BCUT2D eigenvalue weighted by Gasteiger charge is 2.30. The van der Waals surface area contributed by atoms with Crippen molar-refractivity contribution in [2.75, 3.05) is 0 Å². The van der Waals surface area contributed by atoms with Crippen molar-refractivity contribution in [1.29, 1.82) is 0 Å². The van der Waals surface area contributed by atoms with Crippen LogP contribution in [-0.4, -0.2) is 24.7 Å². The number of benzene rings is 2. The quantitative estimate of drug-likeness (QED) is 0.529. The molecule has 0 radical (unpaired) electrons. The maximum Gasteiger partial charge on any atom is 0.249 e. The number of aryl methyl sites for hydroxylation is 1. The minimum Gasteiger partial charge on any atom is -0.366 e. The molecule has 0 saturated carbocycles. The molecule has 3 rings (SSSR count). The molecular weight excluding hydrogens is 440 g/mol. The minimum absolute atomic E-state index is 0.0499. The van der Waals surface area contributed by atoms with E-state index in [9.17, 15) is 13.2 Å². The van der Waals surface area contributed by atoms with Gasteiger partial charge in [-0.15, -0.1) is 11.3 Å². The zero-order valence-electron chi connectivity index (χ0n) is 16.7. The van der Waals surface area contributed by atoms with Crippen LogP contribution in [0.4, 0.5) is 0 Å². The molecule has 0 fully saturated rings. The lowest BCUT2D eigenvalue weighted by molar-refractivity contribution is 0.0999. The molecule has 0 spiro atoms. The van der Waals surface area contributed by atoms with Gasteiger partial charge in [-0.3, -0.25) is 4.79 Å². The van der Waals surface area contributed by atoms with Gasteiger partial charge in [0.15, 0.2) is 0 Å². The molecule has 2 N–H and O–H groups in total. The van der Waals surface area contributed by atoms with E-state index in [4.69, 9.17) is 17.3 Å². The van der Waals surface area contributed by atoms with Crippen molar-refractivity contribution < 1.29 is 13.2 Å². The number of sulfonamides is 1. The SMILES string of the molecule is Cc1ccc(S(=O)(=O)N(Cc2ccc(Cl)cc2)[C@H](C)Cc2cccs2)cc1C(N)=O. The average Bonchev–Trinajstić information content (AvgIpc) is 3.20. The lowest BCUT2D eigenvalue weighted by Gasteiger charge is -2.28. The molecule has 0 unspecified atom stereocenters. The number of primary amides is 1. The predicted octanol–water partition coefficient (Wildman–Crippen LogP) is 4.63. The number of carbonyl (C=O) groups is 1. The molecule has 3 aromatic rings. The van der Waals surface area contributed by atoms with Crippen LogP contribution in [0.3, 0.4) is 0 Å². The summed E-state index contributed by atoms with van der Waals surface area (Å²) < 4.78 is 28.7. The third-order valence-corrected chi connectivity index (χ3v) is 8.01. The highest BCUT2D eigenvalue weighted by atomic mass is 35.5. The summed E-state index contributed by atoms with van der Waals surface area (Å²) in [4.78, 5) is 12.9. The fourth-order valence-corrected chi connectivity index (χ4v) is 5.83. The molecule has 158 valence electrons. The van der Waals surface area contributed by atoms with Gasteiger partial charge in [-0.05, 0) is 67.1 Å². The largest absolute Gasteiger partial charge is 0.366 e. The zero-order chi connectivity index (χ0) is 21.9. The van der Waals surface area contributed by atoms with Gasteiger partial charge < -0.3 is 5.73 Å². The third kappa shape index (κ3) is 5.10. The van der Waals surface area contributed by atoms with Crippen LogP contribution >= 0.6 is 22.9 Å². The Hall–Kier alpha value is -2.19. The second kappa shape index (κ2) is 9.31.